The number of hydrogen-bond acceptors (Lipinski definition) is 7. The third-order valence-electron chi connectivity index (χ3n) is 1.82. The maximum atomic E-state index is 10.6. The summed E-state index contributed by atoms with van der Waals surface area (Å²) in [5, 5.41) is 38.2. The molecule has 0 saturated carbocycles. The van der Waals surface area contributed by atoms with Crippen LogP contribution >= 0.6 is 0 Å². The van der Waals surface area contributed by atoms with Gasteiger partial charge in [0.2, 0.25) is 5.91 Å². The average Bonchev–Trinajstić information content (AvgIpc) is 2.22. The van der Waals surface area contributed by atoms with Crippen LogP contribution in [0.15, 0.2) is 0 Å². The first-order valence-electron chi connectivity index (χ1n) is 4.31. The second-order valence-corrected chi connectivity index (χ2v) is 3.09. The topological polar surface area (TPSA) is 127 Å². The van der Waals surface area contributed by atoms with Gasteiger partial charge in [0.05, 0.1) is 6.61 Å². The van der Waals surface area contributed by atoms with Gasteiger partial charge in [-0.3, -0.25) is 4.79 Å². The smallest absolute Gasteiger partial charge is 1.00 e. The maximum Gasteiger partial charge on any atom is 1.00 e. The second kappa shape index (κ2) is 11.4. The van der Waals surface area contributed by atoms with Crippen LogP contribution in [0, 0.1) is 0 Å². The van der Waals surface area contributed by atoms with Crippen LogP contribution in [0.1, 0.15) is 6.92 Å². The molecule has 0 aromatic carbocycles. The number of carbonyl (C=O) groups excluding carboxylic acids is 2. The Hall–Kier alpha value is 0.330. The molecule has 0 rings (SSSR count). The molecule has 0 aliphatic carbocycles. The summed E-state index contributed by atoms with van der Waals surface area (Å²) in [5.74, 6) is -0.558. The summed E-state index contributed by atoms with van der Waals surface area (Å²) in [6, 6.07) is -1.32. The van der Waals surface area contributed by atoms with E-state index in [1.807, 2.05) is 0 Å². The van der Waals surface area contributed by atoms with Crippen molar-refractivity contribution in [3.8, 4) is 0 Å². The molecule has 1 amide bonds. The first-order chi connectivity index (χ1) is 6.93. The zero-order valence-electron chi connectivity index (χ0n) is 9.61. The molecule has 0 saturated heterocycles. The summed E-state index contributed by atoms with van der Waals surface area (Å²) in [7, 11) is 0. The molecule has 0 bridgehead atoms. The van der Waals surface area contributed by atoms with E-state index in [4.69, 9.17) is 10.2 Å². The van der Waals surface area contributed by atoms with Crippen LogP contribution in [0.2, 0.25) is 0 Å². The Morgan fingerprint density at radius 3 is 2.06 bits per heavy atom. The quantitative estimate of drug-likeness (QED) is 0.187. The first-order valence-corrected chi connectivity index (χ1v) is 4.31. The molecule has 0 aliphatic rings. The number of amides is 1. The fourth-order valence-corrected chi connectivity index (χ4v) is 0.983. The Balaban J connectivity index is -0.000000980. The molecule has 4 atom stereocenters. The molecule has 0 aromatic heterocycles. The van der Waals surface area contributed by atoms with Crippen molar-refractivity contribution in [2.75, 3.05) is 6.61 Å². The van der Waals surface area contributed by atoms with E-state index in [0.29, 0.717) is 0 Å². The van der Waals surface area contributed by atoms with Gasteiger partial charge < -0.3 is 44.0 Å². The van der Waals surface area contributed by atoms with Crippen LogP contribution in [-0.2, 0) is 23.1 Å². The summed E-state index contributed by atoms with van der Waals surface area (Å²) in [6.45, 7) is 0.377. The number of carbonyl (C=O) groups is 2. The molecule has 0 aliphatic heterocycles. The minimum Gasteiger partial charge on any atom is -1.00 e. The average molecular weight is 276 g/mol. The summed E-state index contributed by atoms with van der Waals surface area (Å²) < 4.78 is 0. The number of aldehydes is 1. The van der Waals surface area contributed by atoms with E-state index in [0.717, 1.165) is 6.92 Å². The van der Waals surface area contributed by atoms with Gasteiger partial charge in [-0.05, 0) is 0 Å². The molecule has 17 heavy (non-hydrogen) atoms. The van der Waals surface area contributed by atoms with Gasteiger partial charge in [-0.25, -0.2) is 0 Å². The Labute approximate surface area is 128 Å². The van der Waals surface area contributed by atoms with Gasteiger partial charge in [0.25, 0.3) is 0 Å². The Kier molecular flexibility index (Phi) is 15.1. The third kappa shape index (κ3) is 8.11. The standard InChI is InChI=1S/C8H15NO6.Na.S/c1-4(12)9-5(2-10)7(14)8(15)6(13)3-11;;/h2,5-8,11,13-15H,3H2,1H3,(H,9,12);;/q;+1;-1/t5-,6+,7+,8+;;/m0../s1. The van der Waals surface area contributed by atoms with Crippen molar-refractivity contribution in [1.82, 2.24) is 5.32 Å². The molecule has 7 nitrogen and oxygen atoms in total. The van der Waals surface area contributed by atoms with Gasteiger partial charge in [0.15, 0.2) is 0 Å². The second-order valence-electron chi connectivity index (χ2n) is 3.09. The Morgan fingerprint density at radius 1 is 1.29 bits per heavy atom. The Bertz CT molecular complexity index is 232. The minimum atomic E-state index is -1.71. The summed E-state index contributed by atoms with van der Waals surface area (Å²) in [5.41, 5.74) is 0. The molecule has 0 spiro atoms. The zero-order valence-corrected chi connectivity index (χ0v) is 12.4. The van der Waals surface area contributed by atoms with E-state index < -0.39 is 36.9 Å². The van der Waals surface area contributed by atoms with Crippen LogP contribution in [-0.4, -0.2) is 63.6 Å². The van der Waals surface area contributed by atoms with Gasteiger partial charge in [-0.1, -0.05) is 0 Å². The first kappa shape index (κ1) is 22.5. The van der Waals surface area contributed by atoms with Gasteiger partial charge >= 0.3 is 29.6 Å². The largest absolute Gasteiger partial charge is 1.00 e. The number of nitrogens with one attached hydrogen (secondary N) is 1. The predicted molar refractivity (Wildman–Crippen MR) is 56.1 cm³/mol. The number of rotatable bonds is 6. The Morgan fingerprint density at radius 2 is 1.76 bits per heavy atom. The van der Waals surface area contributed by atoms with Crippen LogP contribution in [0.25, 0.3) is 0 Å². The zero-order chi connectivity index (χ0) is 12.0. The summed E-state index contributed by atoms with van der Waals surface area (Å²) in [6.07, 6.45) is -4.72. The molecule has 0 heterocycles. The van der Waals surface area contributed by atoms with E-state index in [1.54, 1.807) is 0 Å². The van der Waals surface area contributed by atoms with E-state index in [2.05, 4.69) is 5.32 Å². The van der Waals surface area contributed by atoms with Crippen molar-refractivity contribution in [3.63, 3.8) is 0 Å². The van der Waals surface area contributed by atoms with E-state index in [1.165, 1.54) is 0 Å². The van der Waals surface area contributed by atoms with Crippen molar-refractivity contribution < 1.29 is 59.6 Å². The van der Waals surface area contributed by atoms with Crippen LogP contribution in [0.3, 0.4) is 0 Å². The molecule has 5 N–H and O–H groups in total. The van der Waals surface area contributed by atoms with Crippen molar-refractivity contribution in [3.05, 3.63) is 0 Å². The third-order valence-corrected chi connectivity index (χ3v) is 1.82. The van der Waals surface area contributed by atoms with Crippen molar-refractivity contribution in [2.24, 2.45) is 0 Å². The van der Waals surface area contributed by atoms with E-state index in [9.17, 15) is 19.8 Å². The van der Waals surface area contributed by atoms with Gasteiger partial charge in [-0.2, -0.15) is 0 Å². The number of aliphatic hydroxyl groups excluding tert-OH is 4. The van der Waals surface area contributed by atoms with E-state index in [-0.39, 0.29) is 49.3 Å². The van der Waals surface area contributed by atoms with Crippen LogP contribution < -0.4 is 34.9 Å². The SMILES string of the molecule is CC(=O)N[C@@H](C=O)[C@@H](O)[C@H](O)[C@H](O)CO.[Na+].[S-]. The van der Waals surface area contributed by atoms with E-state index >= 15 is 0 Å². The molecule has 0 fully saturated rings. The van der Waals surface area contributed by atoms with Crippen molar-refractivity contribution in [1.29, 1.82) is 0 Å². The molecule has 0 aromatic rings. The molecule has 1 radical (unpaired) electrons. The number of hydrogen-bond donors (Lipinski definition) is 5. The van der Waals surface area contributed by atoms with Crippen molar-refractivity contribution in [2.45, 2.75) is 31.3 Å². The van der Waals surface area contributed by atoms with Gasteiger partial charge in [0.1, 0.15) is 30.6 Å². The van der Waals surface area contributed by atoms with Crippen LogP contribution in [0.4, 0.5) is 0 Å². The van der Waals surface area contributed by atoms with Gasteiger partial charge in [-0.15, -0.1) is 0 Å². The predicted octanol–water partition coefficient (Wildman–Crippen LogP) is -6.23. The molecular weight excluding hydrogens is 261 g/mol. The fraction of sp³-hybridized carbons (Fsp3) is 0.750. The molecule has 95 valence electrons. The monoisotopic (exact) mass is 276 g/mol. The minimum absolute atomic E-state index is 0. The normalized spacial score (nSPS) is 16.5. The van der Waals surface area contributed by atoms with Crippen LogP contribution in [0.5, 0.6) is 0 Å². The maximum absolute atomic E-state index is 10.6. The molecule has 0 unspecified atom stereocenters. The van der Waals surface area contributed by atoms with Gasteiger partial charge in [0, 0.05) is 6.92 Å². The molecule has 9 heteroatoms. The number of aliphatic hydroxyl groups is 4. The van der Waals surface area contributed by atoms with Crippen molar-refractivity contribution >= 4 is 25.7 Å². The summed E-state index contributed by atoms with van der Waals surface area (Å²) in [4.78, 5) is 21.1. The fourth-order valence-electron chi connectivity index (χ4n) is 0.983. The summed E-state index contributed by atoms with van der Waals surface area (Å²) >= 11 is 0. The molecular formula is C8H15NNaO6S.